The van der Waals surface area contributed by atoms with E-state index < -0.39 is 0 Å². The van der Waals surface area contributed by atoms with Crippen LogP contribution < -0.4 is 0 Å². The molecule has 0 atom stereocenters. The molecule has 2 heterocycles. The minimum absolute atomic E-state index is 0.910. The predicted octanol–water partition coefficient (Wildman–Crippen LogP) is 14.5. The van der Waals surface area contributed by atoms with Crippen LogP contribution in [0.15, 0.2) is 191 Å². The molecular weight excluding hydrogens is 633 g/mol. The summed E-state index contributed by atoms with van der Waals surface area (Å²) in [6, 6.07) is 65.0. The van der Waals surface area contributed by atoms with Crippen LogP contribution in [0.25, 0.3) is 110 Å². The van der Waals surface area contributed by atoms with Gasteiger partial charge in [0.25, 0.3) is 0 Å². The maximum Gasteiger partial charge on any atom is 0.143 e. The summed E-state index contributed by atoms with van der Waals surface area (Å²) in [5, 5.41) is 9.48. The fourth-order valence-corrected chi connectivity index (χ4v) is 8.36. The highest BCUT2D eigenvalue weighted by Gasteiger charge is 2.19. The molecule has 0 N–H and O–H groups in total. The van der Waals surface area contributed by atoms with Crippen LogP contribution in [-0.2, 0) is 0 Å². The molecule has 11 aromatic rings. The fourth-order valence-electron chi connectivity index (χ4n) is 8.36. The second-order valence-corrected chi connectivity index (χ2v) is 13.6. The smallest absolute Gasteiger partial charge is 0.143 e. The highest BCUT2D eigenvalue weighted by atomic mass is 16.3. The third-order valence-corrected chi connectivity index (χ3v) is 10.7. The molecule has 0 spiro atoms. The molecule has 2 heteroatoms. The molecule has 0 aliphatic carbocycles. The summed E-state index contributed by atoms with van der Waals surface area (Å²) in [7, 11) is 0. The lowest BCUT2D eigenvalue weighted by Crippen LogP contribution is -1.91. The summed E-state index contributed by atoms with van der Waals surface area (Å²) >= 11 is 0. The monoisotopic (exact) mass is 662 g/mol. The maximum atomic E-state index is 6.45. The molecule has 242 valence electrons. The van der Waals surface area contributed by atoms with E-state index in [1.807, 2.05) is 24.3 Å². The first-order chi connectivity index (χ1) is 25.8. The van der Waals surface area contributed by atoms with E-state index in [4.69, 9.17) is 8.83 Å². The van der Waals surface area contributed by atoms with Crippen molar-refractivity contribution in [2.45, 2.75) is 0 Å². The van der Waals surface area contributed by atoms with Crippen molar-refractivity contribution in [2.24, 2.45) is 0 Å². The number of furan rings is 2. The Labute approximate surface area is 299 Å². The lowest BCUT2D eigenvalue weighted by atomic mass is 9.85. The van der Waals surface area contributed by atoms with Crippen LogP contribution in [0, 0.1) is 0 Å². The number of rotatable bonds is 4. The third kappa shape index (κ3) is 4.31. The average molecular weight is 663 g/mol. The first kappa shape index (κ1) is 28.9. The van der Waals surface area contributed by atoms with Gasteiger partial charge >= 0.3 is 0 Å². The van der Waals surface area contributed by atoms with Gasteiger partial charge in [0.2, 0.25) is 0 Å². The lowest BCUT2D eigenvalue weighted by molar-refractivity contribution is 0.669. The normalized spacial score (nSPS) is 11.8. The van der Waals surface area contributed by atoms with Crippen molar-refractivity contribution < 1.29 is 8.83 Å². The second-order valence-electron chi connectivity index (χ2n) is 13.6. The molecule has 0 radical (unpaired) electrons. The molecule has 0 amide bonds. The van der Waals surface area contributed by atoms with Gasteiger partial charge in [0.15, 0.2) is 0 Å². The molecule has 0 aliphatic heterocycles. The zero-order valence-corrected chi connectivity index (χ0v) is 28.1. The molecule has 11 rings (SSSR count). The summed E-state index contributed by atoms with van der Waals surface area (Å²) in [5.74, 6) is 0. The van der Waals surface area contributed by atoms with Crippen molar-refractivity contribution >= 4 is 65.4 Å². The third-order valence-electron chi connectivity index (χ3n) is 10.7. The molecule has 2 nitrogen and oxygen atoms in total. The topological polar surface area (TPSA) is 26.3 Å². The Morgan fingerprint density at radius 2 is 0.635 bits per heavy atom. The molecule has 52 heavy (non-hydrogen) atoms. The van der Waals surface area contributed by atoms with E-state index >= 15 is 0 Å². The number of hydrogen-bond acceptors (Lipinski definition) is 2. The van der Waals surface area contributed by atoms with Crippen LogP contribution in [0.4, 0.5) is 0 Å². The van der Waals surface area contributed by atoms with Crippen molar-refractivity contribution in [3.05, 3.63) is 182 Å². The maximum absolute atomic E-state index is 6.45. The lowest BCUT2D eigenvalue weighted by Gasteiger charge is -2.18. The van der Waals surface area contributed by atoms with Crippen LogP contribution in [0.5, 0.6) is 0 Å². The molecule has 2 aromatic heterocycles. The van der Waals surface area contributed by atoms with Crippen LogP contribution >= 0.6 is 0 Å². The van der Waals surface area contributed by atoms with Crippen LogP contribution in [-0.4, -0.2) is 0 Å². The van der Waals surface area contributed by atoms with Crippen LogP contribution in [0.1, 0.15) is 0 Å². The highest BCUT2D eigenvalue weighted by Crippen LogP contribution is 2.45. The van der Waals surface area contributed by atoms with Crippen molar-refractivity contribution in [1.29, 1.82) is 0 Å². The molecule has 0 bridgehead atoms. The Bertz CT molecular complexity index is 3120. The van der Waals surface area contributed by atoms with Gasteiger partial charge in [0.05, 0.1) is 0 Å². The Kier molecular flexibility index (Phi) is 6.28. The van der Waals surface area contributed by atoms with Crippen molar-refractivity contribution in [3.8, 4) is 44.5 Å². The second kappa shape index (κ2) is 11.3. The first-order valence-corrected chi connectivity index (χ1v) is 17.8. The summed E-state index contributed by atoms with van der Waals surface area (Å²) in [6.07, 6.45) is 0. The number of benzene rings is 9. The van der Waals surface area contributed by atoms with Gasteiger partial charge in [-0.25, -0.2) is 0 Å². The highest BCUT2D eigenvalue weighted by molar-refractivity contribution is 6.22. The Morgan fingerprint density at radius 1 is 0.250 bits per heavy atom. The fraction of sp³-hybridized carbons (Fsp3) is 0. The summed E-state index contributed by atoms with van der Waals surface area (Å²) in [4.78, 5) is 0. The standard InChI is InChI=1S/C50H30O2/c1-3-18-41-39(16-1)47(32-28-26-31(27-29-32)35-20-10-22-43-37-14-5-7-24-45(37)51-49(35)43)40-17-2-4-19-42(40)48(41)34-13-9-12-33(30-34)36-21-11-23-44-38-15-6-8-25-46(38)52-50(36)44/h1-30H. The molecule has 0 fully saturated rings. The van der Waals surface area contributed by atoms with E-state index in [0.717, 1.165) is 66.1 Å². The Hall–Kier alpha value is -6.90. The minimum Gasteiger partial charge on any atom is -0.455 e. The van der Waals surface area contributed by atoms with Gasteiger partial charge in [-0.3, -0.25) is 0 Å². The SMILES string of the molecule is c1cc(-c2c3ccccc3c(-c3ccc(-c4cccc5c4oc4ccccc45)cc3)c3ccccc23)cc(-c2cccc3c2oc2ccccc23)c1. The number of hydrogen-bond donors (Lipinski definition) is 0. The summed E-state index contributed by atoms with van der Waals surface area (Å²) in [6.45, 7) is 0. The van der Waals surface area contributed by atoms with Crippen LogP contribution in [0.2, 0.25) is 0 Å². The molecular formula is C50H30O2. The average Bonchev–Trinajstić information content (AvgIpc) is 3.79. The van der Waals surface area contributed by atoms with Gasteiger partial charge in [-0.1, -0.05) is 164 Å². The summed E-state index contributed by atoms with van der Waals surface area (Å²) < 4.78 is 12.8. The first-order valence-electron chi connectivity index (χ1n) is 17.8. The van der Waals surface area contributed by atoms with Crippen LogP contribution in [0.3, 0.4) is 0 Å². The number of para-hydroxylation sites is 4. The predicted molar refractivity (Wildman–Crippen MR) is 218 cm³/mol. The van der Waals surface area contributed by atoms with E-state index in [2.05, 4.69) is 158 Å². The van der Waals surface area contributed by atoms with Gasteiger partial charge in [0, 0.05) is 32.7 Å². The molecule has 9 aromatic carbocycles. The molecule has 0 saturated heterocycles. The zero-order valence-electron chi connectivity index (χ0n) is 28.1. The molecule has 0 unspecified atom stereocenters. The van der Waals surface area contributed by atoms with Gasteiger partial charge < -0.3 is 8.83 Å². The van der Waals surface area contributed by atoms with Crippen molar-refractivity contribution in [2.75, 3.05) is 0 Å². The Balaban J connectivity index is 1.08. The van der Waals surface area contributed by atoms with Gasteiger partial charge in [-0.2, -0.15) is 0 Å². The van der Waals surface area contributed by atoms with E-state index in [-0.39, 0.29) is 0 Å². The van der Waals surface area contributed by atoms with E-state index in [9.17, 15) is 0 Å². The van der Waals surface area contributed by atoms with E-state index in [1.54, 1.807) is 0 Å². The van der Waals surface area contributed by atoms with Gasteiger partial charge in [-0.15, -0.1) is 0 Å². The zero-order chi connectivity index (χ0) is 34.2. The number of fused-ring (bicyclic) bond motifs is 8. The quantitative estimate of drug-likeness (QED) is 0.175. The largest absolute Gasteiger partial charge is 0.455 e. The van der Waals surface area contributed by atoms with E-state index in [1.165, 1.54) is 43.8 Å². The Morgan fingerprint density at radius 3 is 1.17 bits per heavy atom. The van der Waals surface area contributed by atoms with Gasteiger partial charge in [0.1, 0.15) is 22.3 Å². The van der Waals surface area contributed by atoms with Crippen molar-refractivity contribution in [1.82, 2.24) is 0 Å². The van der Waals surface area contributed by atoms with Crippen molar-refractivity contribution in [3.63, 3.8) is 0 Å². The van der Waals surface area contributed by atoms with Gasteiger partial charge in [-0.05, 0) is 73.1 Å². The van der Waals surface area contributed by atoms with E-state index in [0.29, 0.717) is 0 Å². The molecule has 0 saturated carbocycles. The molecule has 0 aliphatic rings. The summed E-state index contributed by atoms with van der Waals surface area (Å²) in [5.41, 5.74) is 13.0. The minimum atomic E-state index is 0.910.